The Morgan fingerprint density at radius 1 is 1.45 bits per heavy atom. The number of halogens is 1. The second-order valence-electron chi connectivity index (χ2n) is 5.61. The number of nitrogens with two attached hydrogens (primary N) is 1. The van der Waals surface area contributed by atoms with Gasteiger partial charge in [-0.3, -0.25) is 0 Å². The molecule has 1 heterocycles. The molecular formula is C16H22FN5. The molecule has 0 aliphatic heterocycles. The van der Waals surface area contributed by atoms with Crippen molar-refractivity contribution < 1.29 is 4.39 Å². The lowest BCUT2D eigenvalue weighted by atomic mass is 10.2. The van der Waals surface area contributed by atoms with Crippen molar-refractivity contribution >= 4 is 5.96 Å². The molecule has 0 amide bonds. The highest BCUT2D eigenvalue weighted by atomic mass is 19.1. The van der Waals surface area contributed by atoms with Crippen LogP contribution in [0, 0.1) is 18.7 Å². The standard InChI is InChI=1S/C16H22FN5/c1-11(2)9-20-16(18)21-10-13-4-5-15(14(17)8-13)22-7-6-19-12(22)3/h4-8,11H,9-10H2,1-3H3,(H3,18,20,21). The SMILES string of the molecule is Cc1nccn1-c1ccc(CN=C(N)NCC(C)C)cc1F. The van der Waals surface area contributed by atoms with Crippen molar-refractivity contribution in [2.45, 2.75) is 27.3 Å². The quantitative estimate of drug-likeness (QED) is 0.658. The first-order valence-electron chi connectivity index (χ1n) is 7.30. The lowest BCUT2D eigenvalue weighted by molar-refractivity contribution is 0.613. The number of aryl methyl sites for hydroxylation is 1. The van der Waals surface area contributed by atoms with Crippen LogP contribution >= 0.6 is 0 Å². The largest absolute Gasteiger partial charge is 0.370 e. The summed E-state index contributed by atoms with van der Waals surface area (Å²) >= 11 is 0. The van der Waals surface area contributed by atoms with Gasteiger partial charge < -0.3 is 15.6 Å². The topological polar surface area (TPSA) is 68.2 Å². The van der Waals surface area contributed by atoms with E-state index in [2.05, 4.69) is 29.1 Å². The first-order valence-corrected chi connectivity index (χ1v) is 7.30. The Morgan fingerprint density at radius 3 is 2.82 bits per heavy atom. The smallest absolute Gasteiger partial charge is 0.188 e. The number of nitrogens with zero attached hydrogens (tertiary/aromatic N) is 3. The summed E-state index contributed by atoms with van der Waals surface area (Å²) in [5.41, 5.74) is 7.02. The summed E-state index contributed by atoms with van der Waals surface area (Å²) in [6.45, 7) is 7.12. The van der Waals surface area contributed by atoms with Gasteiger partial charge in [-0.1, -0.05) is 19.9 Å². The van der Waals surface area contributed by atoms with Gasteiger partial charge in [0.05, 0.1) is 12.2 Å². The van der Waals surface area contributed by atoms with E-state index >= 15 is 0 Å². The van der Waals surface area contributed by atoms with Crippen molar-refractivity contribution in [1.82, 2.24) is 14.9 Å². The van der Waals surface area contributed by atoms with Gasteiger partial charge in [0, 0.05) is 18.9 Å². The van der Waals surface area contributed by atoms with Gasteiger partial charge in [-0.25, -0.2) is 14.4 Å². The van der Waals surface area contributed by atoms with Gasteiger partial charge in [0.1, 0.15) is 11.6 Å². The molecular weight excluding hydrogens is 281 g/mol. The number of hydrogen-bond donors (Lipinski definition) is 2. The summed E-state index contributed by atoms with van der Waals surface area (Å²) < 4.78 is 15.9. The minimum absolute atomic E-state index is 0.303. The minimum Gasteiger partial charge on any atom is -0.370 e. The summed E-state index contributed by atoms with van der Waals surface area (Å²) in [5.74, 6) is 1.31. The fraction of sp³-hybridized carbons (Fsp3) is 0.375. The van der Waals surface area contributed by atoms with E-state index in [0.717, 1.165) is 17.9 Å². The average Bonchev–Trinajstić information content (AvgIpc) is 2.89. The van der Waals surface area contributed by atoms with Crippen molar-refractivity contribution in [2.75, 3.05) is 6.54 Å². The van der Waals surface area contributed by atoms with E-state index in [9.17, 15) is 4.39 Å². The fourth-order valence-electron chi connectivity index (χ4n) is 2.02. The summed E-state index contributed by atoms with van der Waals surface area (Å²) in [6, 6.07) is 5.05. The van der Waals surface area contributed by atoms with Crippen molar-refractivity contribution in [3.8, 4) is 5.69 Å². The first kappa shape index (κ1) is 16.0. The number of hydrogen-bond acceptors (Lipinski definition) is 2. The van der Waals surface area contributed by atoms with Crippen LogP contribution in [0.3, 0.4) is 0 Å². The highest BCUT2D eigenvalue weighted by Gasteiger charge is 2.07. The Balaban J connectivity index is 2.07. The van der Waals surface area contributed by atoms with E-state index in [1.807, 2.05) is 13.0 Å². The maximum Gasteiger partial charge on any atom is 0.188 e. The van der Waals surface area contributed by atoms with Crippen molar-refractivity contribution in [3.05, 3.63) is 47.8 Å². The zero-order valence-corrected chi connectivity index (χ0v) is 13.2. The molecule has 0 aliphatic carbocycles. The Hall–Kier alpha value is -2.37. The number of aliphatic imine (C=N–C) groups is 1. The van der Waals surface area contributed by atoms with Crippen molar-refractivity contribution in [2.24, 2.45) is 16.6 Å². The van der Waals surface area contributed by atoms with Gasteiger partial charge in [-0.05, 0) is 30.5 Å². The lowest BCUT2D eigenvalue weighted by Gasteiger charge is -2.09. The highest BCUT2D eigenvalue weighted by Crippen LogP contribution is 2.17. The molecule has 1 aromatic heterocycles. The molecule has 2 aromatic rings. The third-order valence-electron chi connectivity index (χ3n) is 3.22. The van der Waals surface area contributed by atoms with E-state index in [1.165, 1.54) is 6.07 Å². The summed E-state index contributed by atoms with van der Waals surface area (Å²) in [5, 5.41) is 3.03. The van der Waals surface area contributed by atoms with E-state index < -0.39 is 0 Å². The van der Waals surface area contributed by atoms with Crippen LogP contribution in [0.2, 0.25) is 0 Å². The Morgan fingerprint density at radius 2 is 2.23 bits per heavy atom. The molecule has 5 nitrogen and oxygen atoms in total. The van der Waals surface area contributed by atoms with Crippen LogP contribution in [0.5, 0.6) is 0 Å². The van der Waals surface area contributed by atoms with Crippen LogP contribution in [-0.2, 0) is 6.54 Å². The number of benzene rings is 1. The Labute approximate surface area is 130 Å². The van der Waals surface area contributed by atoms with Gasteiger partial charge in [-0.2, -0.15) is 0 Å². The monoisotopic (exact) mass is 303 g/mol. The molecule has 0 bridgehead atoms. The van der Waals surface area contributed by atoms with E-state index in [0.29, 0.717) is 24.1 Å². The Bertz CT molecular complexity index is 660. The van der Waals surface area contributed by atoms with E-state index in [1.54, 1.807) is 23.0 Å². The molecule has 0 unspecified atom stereocenters. The summed E-state index contributed by atoms with van der Waals surface area (Å²) in [4.78, 5) is 8.32. The predicted octanol–water partition coefficient (Wildman–Crippen LogP) is 2.38. The maximum absolute atomic E-state index is 14.2. The molecule has 1 aromatic carbocycles. The summed E-state index contributed by atoms with van der Waals surface area (Å²) in [7, 11) is 0. The molecule has 0 saturated carbocycles. The third kappa shape index (κ3) is 4.07. The molecule has 0 atom stereocenters. The van der Waals surface area contributed by atoms with Crippen LogP contribution < -0.4 is 11.1 Å². The number of nitrogens with one attached hydrogen (secondary N) is 1. The van der Waals surface area contributed by atoms with Gasteiger partial charge in [0.2, 0.25) is 0 Å². The van der Waals surface area contributed by atoms with Crippen LogP contribution in [0.15, 0.2) is 35.6 Å². The molecule has 0 aliphatic rings. The molecule has 0 fully saturated rings. The first-order chi connectivity index (χ1) is 10.5. The summed E-state index contributed by atoms with van der Waals surface area (Å²) in [6.07, 6.45) is 3.38. The minimum atomic E-state index is -0.303. The molecule has 0 spiro atoms. The number of imidazole rings is 1. The number of guanidine groups is 1. The van der Waals surface area contributed by atoms with Crippen LogP contribution in [0.4, 0.5) is 4.39 Å². The molecule has 0 saturated heterocycles. The molecule has 3 N–H and O–H groups in total. The van der Waals surface area contributed by atoms with Gasteiger partial charge >= 0.3 is 0 Å². The lowest BCUT2D eigenvalue weighted by Crippen LogP contribution is -2.34. The number of rotatable bonds is 5. The second kappa shape index (κ2) is 7.06. The maximum atomic E-state index is 14.2. The van der Waals surface area contributed by atoms with Gasteiger partial charge in [-0.15, -0.1) is 0 Å². The molecule has 22 heavy (non-hydrogen) atoms. The Kier molecular flexibility index (Phi) is 5.14. The molecule has 0 radical (unpaired) electrons. The van der Waals surface area contributed by atoms with Crippen molar-refractivity contribution in [3.63, 3.8) is 0 Å². The van der Waals surface area contributed by atoms with Crippen LogP contribution in [-0.4, -0.2) is 22.1 Å². The van der Waals surface area contributed by atoms with Crippen LogP contribution in [0.25, 0.3) is 5.69 Å². The third-order valence-corrected chi connectivity index (χ3v) is 3.22. The van der Waals surface area contributed by atoms with E-state index in [4.69, 9.17) is 5.73 Å². The molecule has 118 valence electrons. The molecule has 2 rings (SSSR count). The zero-order valence-electron chi connectivity index (χ0n) is 13.2. The fourth-order valence-corrected chi connectivity index (χ4v) is 2.02. The van der Waals surface area contributed by atoms with Crippen LogP contribution in [0.1, 0.15) is 25.2 Å². The molecule has 6 heteroatoms. The van der Waals surface area contributed by atoms with Crippen molar-refractivity contribution in [1.29, 1.82) is 0 Å². The normalized spacial score (nSPS) is 12.0. The predicted molar refractivity (Wildman–Crippen MR) is 86.4 cm³/mol. The zero-order chi connectivity index (χ0) is 16.1. The van der Waals surface area contributed by atoms with Gasteiger partial charge in [0.25, 0.3) is 0 Å². The highest BCUT2D eigenvalue weighted by molar-refractivity contribution is 5.77. The average molecular weight is 303 g/mol. The second-order valence-corrected chi connectivity index (χ2v) is 5.61. The van der Waals surface area contributed by atoms with E-state index in [-0.39, 0.29) is 5.82 Å². The number of aromatic nitrogens is 2. The van der Waals surface area contributed by atoms with Gasteiger partial charge in [0.15, 0.2) is 5.96 Å².